The molecule has 1 fully saturated rings. The van der Waals surface area contributed by atoms with Gasteiger partial charge in [0.1, 0.15) is 5.52 Å². The molecule has 0 aromatic carbocycles. The Labute approximate surface area is 145 Å². The van der Waals surface area contributed by atoms with Crippen LogP contribution in [0.1, 0.15) is 17.7 Å². The summed E-state index contributed by atoms with van der Waals surface area (Å²) in [6.45, 7) is 5.24. The van der Waals surface area contributed by atoms with Gasteiger partial charge in [-0.15, -0.1) is 11.3 Å². The van der Waals surface area contributed by atoms with Crippen molar-refractivity contribution in [3.63, 3.8) is 0 Å². The summed E-state index contributed by atoms with van der Waals surface area (Å²) in [4.78, 5) is 16.3. The van der Waals surface area contributed by atoms with Gasteiger partial charge < -0.3 is 10.6 Å². The SMILES string of the molecule is Cc1ccc(-c2cc3nccnc3c(NC[C@H]3CCCNC3)n2)s1. The molecular weight excluding hydrogens is 318 g/mol. The van der Waals surface area contributed by atoms with Crippen molar-refractivity contribution in [2.75, 3.05) is 25.0 Å². The lowest BCUT2D eigenvalue weighted by molar-refractivity contribution is 0.392. The first kappa shape index (κ1) is 15.5. The van der Waals surface area contributed by atoms with Gasteiger partial charge in [0.2, 0.25) is 0 Å². The quantitative estimate of drug-likeness (QED) is 0.762. The van der Waals surface area contributed by atoms with Gasteiger partial charge in [0.25, 0.3) is 0 Å². The van der Waals surface area contributed by atoms with E-state index in [0.29, 0.717) is 5.92 Å². The number of piperidine rings is 1. The van der Waals surface area contributed by atoms with Crippen molar-refractivity contribution in [3.8, 4) is 10.6 Å². The summed E-state index contributed by atoms with van der Waals surface area (Å²) in [5, 5.41) is 6.99. The predicted molar refractivity (Wildman–Crippen MR) is 99.5 cm³/mol. The van der Waals surface area contributed by atoms with Crippen LogP contribution in [0.5, 0.6) is 0 Å². The summed E-state index contributed by atoms with van der Waals surface area (Å²) in [7, 11) is 0. The van der Waals surface area contributed by atoms with Gasteiger partial charge in [-0.2, -0.15) is 0 Å². The Hall–Kier alpha value is -2.05. The van der Waals surface area contributed by atoms with Crippen molar-refractivity contribution in [2.24, 2.45) is 5.92 Å². The van der Waals surface area contributed by atoms with Crippen LogP contribution in [-0.2, 0) is 0 Å². The normalized spacial score (nSPS) is 18.0. The number of thiophene rings is 1. The second kappa shape index (κ2) is 6.83. The second-order valence-electron chi connectivity index (χ2n) is 6.28. The Kier molecular flexibility index (Phi) is 4.40. The summed E-state index contributed by atoms with van der Waals surface area (Å²) in [6.07, 6.45) is 5.97. The number of aryl methyl sites for hydroxylation is 1. The first-order valence-electron chi connectivity index (χ1n) is 8.43. The Balaban J connectivity index is 1.66. The van der Waals surface area contributed by atoms with Crippen molar-refractivity contribution in [1.82, 2.24) is 20.3 Å². The smallest absolute Gasteiger partial charge is 0.154 e. The Bertz CT molecular complexity index is 838. The summed E-state index contributed by atoms with van der Waals surface area (Å²) >= 11 is 1.76. The number of fused-ring (bicyclic) bond motifs is 1. The molecule has 0 amide bonds. The molecular formula is C18H21N5S. The van der Waals surface area contributed by atoms with Gasteiger partial charge in [0.15, 0.2) is 5.82 Å². The molecule has 4 rings (SSSR count). The molecule has 0 spiro atoms. The molecule has 24 heavy (non-hydrogen) atoms. The predicted octanol–water partition coefficient (Wildman–Crippen LogP) is 3.47. The zero-order valence-electron chi connectivity index (χ0n) is 13.7. The molecule has 3 aromatic heterocycles. The van der Waals surface area contributed by atoms with Crippen molar-refractivity contribution >= 4 is 28.2 Å². The van der Waals surface area contributed by atoms with Crippen LogP contribution in [0.4, 0.5) is 5.82 Å². The van der Waals surface area contributed by atoms with Crippen molar-refractivity contribution in [2.45, 2.75) is 19.8 Å². The minimum atomic E-state index is 0.639. The van der Waals surface area contributed by atoms with E-state index < -0.39 is 0 Å². The summed E-state index contributed by atoms with van der Waals surface area (Å²) in [6, 6.07) is 6.28. The monoisotopic (exact) mass is 339 g/mol. The van der Waals surface area contributed by atoms with E-state index in [4.69, 9.17) is 4.98 Å². The number of nitrogens with one attached hydrogen (secondary N) is 2. The number of hydrogen-bond acceptors (Lipinski definition) is 6. The van der Waals surface area contributed by atoms with Crippen LogP contribution in [0.2, 0.25) is 0 Å². The number of aromatic nitrogens is 3. The maximum atomic E-state index is 4.85. The molecule has 0 radical (unpaired) electrons. The number of pyridine rings is 1. The average Bonchev–Trinajstić information content (AvgIpc) is 3.07. The number of rotatable bonds is 4. The molecule has 1 atom stereocenters. The molecule has 2 N–H and O–H groups in total. The molecule has 1 aliphatic rings. The van der Waals surface area contributed by atoms with Gasteiger partial charge in [-0.05, 0) is 57.0 Å². The molecule has 0 saturated carbocycles. The van der Waals surface area contributed by atoms with E-state index >= 15 is 0 Å². The lowest BCUT2D eigenvalue weighted by atomic mass is 10.00. The fraction of sp³-hybridized carbons (Fsp3) is 0.389. The third kappa shape index (κ3) is 3.25. The third-order valence-electron chi connectivity index (χ3n) is 4.41. The summed E-state index contributed by atoms with van der Waals surface area (Å²) in [5.74, 6) is 1.48. The van der Waals surface area contributed by atoms with E-state index in [1.54, 1.807) is 23.7 Å². The van der Waals surface area contributed by atoms with Crippen LogP contribution in [0.15, 0.2) is 30.6 Å². The second-order valence-corrected chi connectivity index (χ2v) is 7.57. The Morgan fingerprint density at radius 2 is 2.21 bits per heavy atom. The largest absolute Gasteiger partial charge is 0.368 e. The lowest BCUT2D eigenvalue weighted by Gasteiger charge is -2.23. The van der Waals surface area contributed by atoms with Crippen LogP contribution >= 0.6 is 11.3 Å². The Morgan fingerprint density at radius 1 is 1.29 bits per heavy atom. The summed E-state index contributed by atoms with van der Waals surface area (Å²) in [5.41, 5.74) is 2.70. The van der Waals surface area contributed by atoms with E-state index in [0.717, 1.165) is 42.2 Å². The molecule has 6 heteroatoms. The first-order chi connectivity index (χ1) is 11.8. The maximum Gasteiger partial charge on any atom is 0.154 e. The number of hydrogen-bond donors (Lipinski definition) is 2. The van der Waals surface area contributed by atoms with Crippen LogP contribution in [0, 0.1) is 12.8 Å². The van der Waals surface area contributed by atoms with Gasteiger partial charge in [-0.1, -0.05) is 0 Å². The highest BCUT2D eigenvalue weighted by Gasteiger charge is 2.15. The highest BCUT2D eigenvalue weighted by atomic mass is 32.1. The molecule has 1 saturated heterocycles. The van der Waals surface area contributed by atoms with E-state index in [-0.39, 0.29) is 0 Å². The summed E-state index contributed by atoms with van der Waals surface area (Å²) < 4.78 is 0. The van der Waals surface area contributed by atoms with E-state index in [1.165, 1.54) is 22.6 Å². The maximum absolute atomic E-state index is 4.85. The molecule has 4 heterocycles. The zero-order valence-corrected chi connectivity index (χ0v) is 14.6. The highest BCUT2D eigenvalue weighted by Crippen LogP contribution is 2.30. The van der Waals surface area contributed by atoms with Crippen molar-refractivity contribution in [3.05, 3.63) is 35.5 Å². The van der Waals surface area contributed by atoms with Crippen LogP contribution < -0.4 is 10.6 Å². The molecule has 0 bridgehead atoms. The standard InChI is InChI=1S/C18H21N5S/c1-12-4-5-16(24-12)14-9-15-17(21-8-7-20-15)18(23-14)22-11-13-3-2-6-19-10-13/h4-5,7-9,13,19H,2-3,6,10-11H2,1H3,(H,22,23)/t13-/m0/s1. The molecule has 0 unspecified atom stereocenters. The van der Waals surface area contributed by atoms with Gasteiger partial charge in [0, 0.05) is 23.8 Å². The van der Waals surface area contributed by atoms with Gasteiger partial charge in [-0.3, -0.25) is 4.98 Å². The lowest BCUT2D eigenvalue weighted by Crippen LogP contribution is -2.33. The molecule has 5 nitrogen and oxygen atoms in total. The van der Waals surface area contributed by atoms with Crippen LogP contribution in [0.3, 0.4) is 0 Å². The molecule has 1 aliphatic heterocycles. The molecule has 0 aliphatic carbocycles. The average molecular weight is 339 g/mol. The topological polar surface area (TPSA) is 62.7 Å². The minimum Gasteiger partial charge on any atom is -0.368 e. The van der Waals surface area contributed by atoms with Gasteiger partial charge in [0.05, 0.1) is 16.1 Å². The Morgan fingerprint density at radius 3 is 3.00 bits per heavy atom. The molecule has 3 aromatic rings. The number of nitrogens with zero attached hydrogens (tertiary/aromatic N) is 3. The fourth-order valence-electron chi connectivity index (χ4n) is 3.13. The minimum absolute atomic E-state index is 0.639. The highest BCUT2D eigenvalue weighted by molar-refractivity contribution is 7.15. The van der Waals surface area contributed by atoms with E-state index in [9.17, 15) is 0 Å². The van der Waals surface area contributed by atoms with Gasteiger partial charge in [-0.25, -0.2) is 9.97 Å². The van der Waals surface area contributed by atoms with Crippen LogP contribution in [-0.4, -0.2) is 34.6 Å². The van der Waals surface area contributed by atoms with Crippen LogP contribution in [0.25, 0.3) is 21.6 Å². The number of anilines is 1. The van der Waals surface area contributed by atoms with Crippen molar-refractivity contribution < 1.29 is 0 Å². The first-order valence-corrected chi connectivity index (χ1v) is 9.24. The van der Waals surface area contributed by atoms with E-state index in [1.807, 2.05) is 6.07 Å². The van der Waals surface area contributed by atoms with Gasteiger partial charge >= 0.3 is 0 Å². The third-order valence-corrected chi connectivity index (χ3v) is 5.43. The molecule has 124 valence electrons. The van der Waals surface area contributed by atoms with Crippen molar-refractivity contribution in [1.29, 1.82) is 0 Å². The zero-order chi connectivity index (χ0) is 16.4. The van der Waals surface area contributed by atoms with E-state index in [2.05, 4.69) is 39.7 Å². The fourth-order valence-corrected chi connectivity index (χ4v) is 3.96.